The normalized spacial score (nSPS) is 15.6. The average Bonchev–Trinajstić information content (AvgIpc) is 2.70. The van der Waals surface area contributed by atoms with Crippen LogP contribution in [0.3, 0.4) is 0 Å². The zero-order chi connectivity index (χ0) is 21.5. The van der Waals surface area contributed by atoms with Gasteiger partial charge in [-0.25, -0.2) is 5.10 Å². The molecule has 2 aromatic rings. The van der Waals surface area contributed by atoms with Gasteiger partial charge in [0.2, 0.25) is 0 Å². The van der Waals surface area contributed by atoms with Gasteiger partial charge in [-0.1, -0.05) is 49.1 Å². The van der Waals surface area contributed by atoms with Gasteiger partial charge in [0.25, 0.3) is 5.56 Å². The third-order valence-corrected chi connectivity index (χ3v) is 5.25. The van der Waals surface area contributed by atoms with Gasteiger partial charge >= 0.3 is 0 Å². The Morgan fingerprint density at radius 1 is 1.33 bits per heavy atom. The van der Waals surface area contributed by atoms with Crippen molar-refractivity contribution in [3.63, 3.8) is 0 Å². The van der Waals surface area contributed by atoms with Crippen molar-refractivity contribution in [1.29, 1.82) is 0 Å². The van der Waals surface area contributed by atoms with E-state index in [0.717, 1.165) is 47.7 Å². The molecule has 0 atom stereocenters. The molecule has 3 rings (SSSR count). The zero-order valence-corrected chi connectivity index (χ0v) is 18.0. The van der Waals surface area contributed by atoms with E-state index in [0.29, 0.717) is 11.3 Å². The lowest BCUT2D eigenvalue weighted by Gasteiger charge is -2.31. The third-order valence-electron chi connectivity index (χ3n) is 5.25. The number of hydrogen-bond donors (Lipinski definition) is 2. The van der Waals surface area contributed by atoms with Crippen molar-refractivity contribution in [3.05, 3.63) is 94.0 Å². The van der Waals surface area contributed by atoms with E-state index in [1.807, 2.05) is 49.4 Å². The summed E-state index contributed by atoms with van der Waals surface area (Å²) in [6.45, 7) is 12.9. The second kappa shape index (κ2) is 10.0. The topological polar surface area (TPSA) is 61.0 Å². The molecule has 0 amide bonds. The van der Waals surface area contributed by atoms with Gasteiger partial charge in [0.1, 0.15) is 0 Å². The monoisotopic (exact) mass is 402 g/mol. The summed E-state index contributed by atoms with van der Waals surface area (Å²) in [7, 11) is 0. The lowest BCUT2D eigenvalue weighted by molar-refractivity contribution is 0.199. The lowest BCUT2D eigenvalue weighted by Crippen LogP contribution is -2.38. The number of nitrogens with one attached hydrogen (secondary N) is 2. The van der Waals surface area contributed by atoms with Gasteiger partial charge in [0, 0.05) is 17.8 Å². The third kappa shape index (κ3) is 5.05. The van der Waals surface area contributed by atoms with Crippen LogP contribution in [0.15, 0.2) is 71.6 Å². The van der Waals surface area contributed by atoms with Crippen LogP contribution in [0.1, 0.15) is 37.1 Å². The molecule has 1 fully saturated rings. The molecule has 1 aliphatic heterocycles. The first-order chi connectivity index (χ1) is 14.5. The molecule has 1 saturated heterocycles. The molecule has 2 N–H and O–H groups in total. The number of H-pyrrole nitrogens is 1. The Labute approximate surface area is 178 Å². The van der Waals surface area contributed by atoms with Crippen LogP contribution in [0.4, 0.5) is 5.69 Å². The molecule has 0 unspecified atom stereocenters. The Hall–Kier alpha value is -3.18. The van der Waals surface area contributed by atoms with Crippen LogP contribution in [-0.2, 0) is 0 Å². The van der Waals surface area contributed by atoms with Gasteiger partial charge in [-0.3, -0.25) is 9.69 Å². The predicted molar refractivity (Wildman–Crippen MR) is 126 cm³/mol. The molecule has 0 radical (unpaired) electrons. The van der Waals surface area contributed by atoms with Crippen molar-refractivity contribution in [1.82, 2.24) is 15.1 Å². The first-order valence-corrected chi connectivity index (χ1v) is 10.3. The summed E-state index contributed by atoms with van der Waals surface area (Å²) in [4.78, 5) is 15.2. The highest BCUT2D eigenvalue weighted by molar-refractivity contribution is 5.82. The minimum atomic E-state index is -0.212. The van der Waals surface area contributed by atoms with Crippen LogP contribution in [0, 0.1) is 6.92 Å². The second-order valence-corrected chi connectivity index (χ2v) is 7.58. The molecule has 1 aromatic heterocycles. The number of hydrogen-bond acceptors (Lipinski definition) is 4. The zero-order valence-electron chi connectivity index (χ0n) is 18.0. The maximum atomic E-state index is 12.8. The maximum absolute atomic E-state index is 12.8. The Bertz CT molecular complexity index is 1050. The summed E-state index contributed by atoms with van der Waals surface area (Å²) in [5, 5.41) is 10.5. The van der Waals surface area contributed by atoms with Crippen molar-refractivity contribution in [3.8, 4) is 0 Å². The van der Waals surface area contributed by atoms with Gasteiger partial charge < -0.3 is 5.32 Å². The number of likely N-dealkylation sites (tertiary alicyclic amines) is 1. The van der Waals surface area contributed by atoms with E-state index < -0.39 is 0 Å². The molecule has 1 aliphatic rings. The Balaban J connectivity index is 2.10. The number of allylic oxidation sites excluding steroid dienone is 5. The summed E-state index contributed by atoms with van der Waals surface area (Å²) in [6.07, 6.45) is 8.73. The lowest BCUT2D eigenvalue weighted by atomic mass is 10.0. The van der Waals surface area contributed by atoms with Crippen LogP contribution in [0.2, 0.25) is 0 Å². The summed E-state index contributed by atoms with van der Waals surface area (Å²) in [5.74, 6) is 0. The Kier molecular flexibility index (Phi) is 7.20. The maximum Gasteiger partial charge on any atom is 0.273 e. The number of para-hydroxylation sites is 1. The highest BCUT2D eigenvalue weighted by atomic mass is 16.1. The van der Waals surface area contributed by atoms with E-state index in [9.17, 15) is 4.79 Å². The SMILES string of the molecule is C=C/C=C(\C=C/C)c1cc(/C(Nc2ccccc2C)=C(/C)CN2CCC2)c(=O)[nH]n1. The Morgan fingerprint density at radius 2 is 2.10 bits per heavy atom. The van der Waals surface area contributed by atoms with Gasteiger partial charge in [-0.2, -0.15) is 5.10 Å². The van der Waals surface area contributed by atoms with Crippen LogP contribution in [0.5, 0.6) is 0 Å². The minimum absolute atomic E-state index is 0.212. The highest BCUT2D eigenvalue weighted by Gasteiger charge is 2.19. The molecule has 0 bridgehead atoms. The summed E-state index contributed by atoms with van der Waals surface area (Å²) >= 11 is 0. The van der Waals surface area contributed by atoms with Crippen molar-refractivity contribution in [2.24, 2.45) is 0 Å². The van der Waals surface area contributed by atoms with E-state index in [4.69, 9.17) is 0 Å². The number of nitrogens with zero attached hydrogens (tertiary/aromatic N) is 2. The van der Waals surface area contributed by atoms with Crippen LogP contribution in [0.25, 0.3) is 11.3 Å². The summed E-state index contributed by atoms with van der Waals surface area (Å²) < 4.78 is 0. The Morgan fingerprint density at radius 3 is 2.73 bits per heavy atom. The fraction of sp³-hybridized carbons (Fsp3) is 0.280. The van der Waals surface area contributed by atoms with E-state index in [1.54, 1.807) is 6.08 Å². The number of aryl methyl sites for hydroxylation is 1. The highest BCUT2D eigenvalue weighted by Crippen LogP contribution is 2.25. The minimum Gasteiger partial charge on any atom is -0.355 e. The number of rotatable bonds is 8. The second-order valence-electron chi connectivity index (χ2n) is 7.58. The molecule has 0 spiro atoms. The first-order valence-electron chi connectivity index (χ1n) is 10.3. The molecule has 1 aromatic carbocycles. The molecular weight excluding hydrogens is 372 g/mol. The van der Waals surface area contributed by atoms with Crippen molar-refractivity contribution < 1.29 is 0 Å². The van der Waals surface area contributed by atoms with Crippen LogP contribution < -0.4 is 10.9 Å². The number of anilines is 1. The molecule has 5 heteroatoms. The molecular formula is C25H30N4O. The fourth-order valence-electron chi connectivity index (χ4n) is 3.48. The smallest absolute Gasteiger partial charge is 0.273 e. The van der Waals surface area contributed by atoms with Gasteiger partial charge in [0.05, 0.1) is 17.0 Å². The van der Waals surface area contributed by atoms with E-state index in [2.05, 4.69) is 46.9 Å². The summed E-state index contributed by atoms with van der Waals surface area (Å²) in [6, 6.07) is 9.96. The standard InChI is InChI=1S/C25H30N4O/c1-5-10-20(11-6-2)23-16-21(25(30)28-27-23)24(19(4)17-29-14-9-15-29)26-22-13-8-7-12-18(22)3/h5-8,10-13,16,26H,1,9,14-15,17H2,2-4H3,(H,28,30)/b11-6-,20-10+,24-19+. The van der Waals surface area contributed by atoms with Crippen molar-refractivity contribution in [2.75, 3.05) is 25.0 Å². The van der Waals surface area contributed by atoms with E-state index >= 15 is 0 Å². The quantitative estimate of drug-likeness (QED) is 0.624. The van der Waals surface area contributed by atoms with Gasteiger partial charge in [0.15, 0.2) is 0 Å². The number of aromatic amines is 1. The largest absolute Gasteiger partial charge is 0.355 e. The van der Waals surface area contributed by atoms with Crippen LogP contribution >= 0.6 is 0 Å². The number of benzene rings is 1. The predicted octanol–water partition coefficient (Wildman–Crippen LogP) is 4.77. The van der Waals surface area contributed by atoms with Crippen molar-refractivity contribution >= 4 is 17.0 Å². The van der Waals surface area contributed by atoms with Crippen LogP contribution in [-0.4, -0.2) is 34.7 Å². The molecule has 156 valence electrons. The summed E-state index contributed by atoms with van der Waals surface area (Å²) in [5.41, 5.74) is 6.03. The van der Waals surface area contributed by atoms with Gasteiger partial charge in [-0.05, 0) is 63.6 Å². The van der Waals surface area contributed by atoms with E-state index in [-0.39, 0.29) is 5.56 Å². The molecule has 0 saturated carbocycles. The van der Waals surface area contributed by atoms with Crippen molar-refractivity contribution in [2.45, 2.75) is 27.2 Å². The van der Waals surface area contributed by atoms with Gasteiger partial charge in [-0.15, -0.1) is 0 Å². The molecule has 2 heterocycles. The molecule has 5 nitrogen and oxygen atoms in total. The van der Waals surface area contributed by atoms with E-state index in [1.165, 1.54) is 6.42 Å². The first kappa shape index (κ1) is 21.5. The average molecular weight is 403 g/mol. The molecule has 30 heavy (non-hydrogen) atoms. The molecule has 0 aliphatic carbocycles. The fourth-order valence-corrected chi connectivity index (χ4v) is 3.48. The number of aromatic nitrogens is 2.